The molecule has 0 radical (unpaired) electrons. The first kappa shape index (κ1) is 11.2. The molecule has 1 aliphatic carbocycles. The van der Waals surface area contributed by atoms with Crippen molar-refractivity contribution in [3.8, 4) is 0 Å². The maximum atomic E-state index is 5.39. The maximum Gasteiger partial charge on any atom is 0.243 e. The first-order valence-electron chi connectivity index (χ1n) is 6.83. The monoisotopic (exact) mass is 235 g/mol. The van der Waals surface area contributed by atoms with Crippen molar-refractivity contribution in [3.63, 3.8) is 0 Å². The van der Waals surface area contributed by atoms with Crippen LogP contribution in [0.4, 0.5) is 0 Å². The number of hydrogen-bond acceptors (Lipinski definition) is 4. The van der Waals surface area contributed by atoms with E-state index in [2.05, 4.69) is 29.3 Å². The summed E-state index contributed by atoms with van der Waals surface area (Å²) in [4.78, 5) is 4.51. The minimum Gasteiger partial charge on any atom is -0.338 e. The molecule has 3 rings (SSSR count). The molecule has 1 saturated heterocycles. The van der Waals surface area contributed by atoms with E-state index in [-0.39, 0.29) is 0 Å². The Balaban J connectivity index is 1.72. The Labute approximate surface area is 102 Å². The van der Waals surface area contributed by atoms with Gasteiger partial charge in [0.1, 0.15) is 0 Å². The van der Waals surface area contributed by atoms with Crippen molar-refractivity contribution in [1.29, 1.82) is 0 Å². The lowest BCUT2D eigenvalue weighted by Gasteiger charge is -2.24. The van der Waals surface area contributed by atoms with Gasteiger partial charge in [0.05, 0.1) is 6.04 Å². The highest BCUT2D eigenvalue weighted by Gasteiger charge is 2.38. The summed E-state index contributed by atoms with van der Waals surface area (Å²) in [5, 5.41) is 7.72. The van der Waals surface area contributed by atoms with Crippen molar-refractivity contribution in [3.05, 3.63) is 11.7 Å². The second-order valence-electron chi connectivity index (χ2n) is 5.75. The molecular formula is C13H21N3O. The third-order valence-electron chi connectivity index (χ3n) is 4.13. The first-order chi connectivity index (χ1) is 8.24. The Morgan fingerprint density at radius 1 is 1.29 bits per heavy atom. The summed E-state index contributed by atoms with van der Waals surface area (Å²) in [5.74, 6) is 2.79. The molecule has 0 spiro atoms. The zero-order chi connectivity index (χ0) is 11.8. The summed E-state index contributed by atoms with van der Waals surface area (Å²) < 4.78 is 5.39. The number of fused-ring (bicyclic) bond motifs is 1. The van der Waals surface area contributed by atoms with Crippen LogP contribution >= 0.6 is 0 Å². The van der Waals surface area contributed by atoms with E-state index in [1.54, 1.807) is 0 Å². The molecule has 1 aromatic heterocycles. The summed E-state index contributed by atoms with van der Waals surface area (Å²) in [6, 6.07) is 0.978. The fraction of sp³-hybridized carbons (Fsp3) is 0.846. The topological polar surface area (TPSA) is 51.0 Å². The Hall–Kier alpha value is -0.900. The standard InChI is InChI=1S/C13H21N3O/c1-8(2)12-15-13(17-16-12)11-7-9-5-3-4-6-10(9)14-11/h8-11,14H,3-7H2,1-2H3. The van der Waals surface area contributed by atoms with Crippen LogP contribution in [-0.2, 0) is 0 Å². The van der Waals surface area contributed by atoms with E-state index < -0.39 is 0 Å². The van der Waals surface area contributed by atoms with Crippen LogP contribution in [0.1, 0.15) is 69.6 Å². The van der Waals surface area contributed by atoms with Gasteiger partial charge in [-0.05, 0) is 25.2 Å². The van der Waals surface area contributed by atoms with E-state index in [1.165, 1.54) is 32.1 Å². The van der Waals surface area contributed by atoms with Crippen molar-refractivity contribution < 1.29 is 4.52 Å². The molecule has 1 saturated carbocycles. The smallest absolute Gasteiger partial charge is 0.243 e. The largest absolute Gasteiger partial charge is 0.338 e. The molecule has 2 heterocycles. The van der Waals surface area contributed by atoms with Crippen LogP contribution in [0.15, 0.2) is 4.52 Å². The SMILES string of the molecule is CC(C)c1noc(C2CC3CCCCC3N2)n1. The van der Waals surface area contributed by atoms with Crippen molar-refractivity contribution >= 4 is 0 Å². The fourth-order valence-corrected chi connectivity index (χ4v) is 3.13. The van der Waals surface area contributed by atoms with Gasteiger partial charge in [0.15, 0.2) is 5.82 Å². The Bertz CT molecular complexity index is 374. The summed E-state index contributed by atoms with van der Waals surface area (Å²) >= 11 is 0. The molecule has 1 aliphatic heterocycles. The molecule has 4 heteroatoms. The Morgan fingerprint density at radius 2 is 2.12 bits per heavy atom. The van der Waals surface area contributed by atoms with Crippen LogP contribution in [0.5, 0.6) is 0 Å². The molecule has 3 unspecified atom stereocenters. The van der Waals surface area contributed by atoms with Crippen molar-refractivity contribution in [2.24, 2.45) is 5.92 Å². The van der Waals surface area contributed by atoms with Gasteiger partial charge in [-0.1, -0.05) is 31.8 Å². The lowest BCUT2D eigenvalue weighted by Crippen LogP contribution is -2.30. The molecule has 2 fully saturated rings. The summed E-state index contributed by atoms with van der Waals surface area (Å²) in [6.07, 6.45) is 6.59. The van der Waals surface area contributed by atoms with Crippen molar-refractivity contribution in [1.82, 2.24) is 15.5 Å². The van der Waals surface area contributed by atoms with Gasteiger partial charge in [-0.25, -0.2) is 0 Å². The van der Waals surface area contributed by atoms with Crippen molar-refractivity contribution in [2.45, 2.75) is 64.0 Å². The van der Waals surface area contributed by atoms with E-state index in [0.717, 1.165) is 17.6 Å². The van der Waals surface area contributed by atoms with Crippen LogP contribution in [-0.4, -0.2) is 16.2 Å². The van der Waals surface area contributed by atoms with Crippen LogP contribution in [0, 0.1) is 5.92 Å². The molecule has 3 atom stereocenters. The van der Waals surface area contributed by atoms with Gasteiger partial charge in [-0.2, -0.15) is 4.98 Å². The minimum atomic E-state index is 0.295. The van der Waals surface area contributed by atoms with E-state index in [4.69, 9.17) is 4.52 Å². The summed E-state index contributed by atoms with van der Waals surface area (Å²) in [5.41, 5.74) is 0. The van der Waals surface area contributed by atoms with Gasteiger partial charge in [-0.15, -0.1) is 0 Å². The van der Waals surface area contributed by atoms with Gasteiger partial charge in [-0.3, -0.25) is 0 Å². The molecule has 17 heavy (non-hydrogen) atoms. The van der Waals surface area contributed by atoms with Crippen LogP contribution in [0.2, 0.25) is 0 Å². The predicted molar refractivity (Wildman–Crippen MR) is 64.6 cm³/mol. The number of hydrogen-bond donors (Lipinski definition) is 1. The summed E-state index contributed by atoms with van der Waals surface area (Å²) in [6.45, 7) is 4.19. The van der Waals surface area contributed by atoms with Gasteiger partial charge in [0, 0.05) is 12.0 Å². The molecule has 0 aromatic carbocycles. The first-order valence-corrected chi connectivity index (χ1v) is 6.83. The van der Waals surface area contributed by atoms with Gasteiger partial charge in [0.2, 0.25) is 5.89 Å². The third-order valence-corrected chi connectivity index (χ3v) is 4.13. The molecule has 4 nitrogen and oxygen atoms in total. The van der Waals surface area contributed by atoms with E-state index in [1.807, 2.05) is 0 Å². The summed E-state index contributed by atoms with van der Waals surface area (Å²) in [7, 11) is 0. The van der Waals surface area contributed by atoms with Crippen LogP contribution in [0.3, 0.4) is 0 Å². The quantitative estimate of drug-likeness (QED) is 0.856. The van der Waals surface area contributed by atoms with E-state index >= 15 is 0 Å². The molecule has 0 amide bonds. The van der Waals surface area contributed by atoms with Gasteiger partial charge in [0.25, 0.3) is 0 Å². The molecular weight excluding hydrogens is 214 g/mol. The Morgan fingerprint density at radius 3 is 2.82 bits per heavy atom. The average molecular weight is 235 g/mol. The van der Waals surface area contributed by atoms with E-state index in [9.17, 15) is 0 Å². The zero-order valence-electron chi connectivity index (χ0n) is 10.6. The number of nitrogens with zero attached hydrogens (tertiary/aromatic N) is 2. The second kappa shape index (κ2) is 4.41. The second-order valence-corrected chi connectivity index (χ2v) is 5.75. The van der Waals surface area contributed by atoms with Crippen LogP contribution in [0.25, 0.3) is 0 Å². The van der Waals surface area contributed by atoms with Gasteiger partial charge < -0.3 is 9.84 Å². The fourth-order valence-electron chi connectivity index (χ4n) is 3.13. The van der Waals surface area contributed by atoms with E-state index in [0.29, 0.717) is 18.0 Å². The number of aromatic nitrogens is 2. The molecule has 0 bridgehead atoms. The van der Waals surface area contributed by atoms with Gasteiger partial charge >= 0.3 is 0 Å². The molecule has 94 valence electrons. The lowest BCUT2D eigenvalue weighted by atomic mass is 9.85. The highest BCUT2D eigenvalue weighted by atomic mass is 16.5. The number of rotatable bonds is 2. The van der Waals surface area contributed by atoms with Crippen molar-refractivity contribution in [2.75, 3.05) is 0 Å². The molecule has 1 N–H and O–H groups in total. The molecule has 1 aromatic rings. The molecule has 2 aliphatic rings. The van der Waals surface area contributed by atoms with Crippen LogP contribution < -0.4 is 5.32 Å². The Kier molecular flexibility index (Phi) is 2.90. The zero-order valence-corrected chi connectivity index (χ0v) is 10.6. The third kappa shape index (κ3) is 2.10. The normalized spacial score (nSPS) is 33.0. The predicted octanol–water partition coefficient (Wildman–Crippen LogP) is 2.79. The minimum absolute atomic E-state index is 0.295. The highest BCUT2D eigenvalue weighted by molar-refractivity contribution is 5.02. The maximum absolute atomic E-state index is 5.39. The average Bonchev–Trinajstić information content (AvgIpc) is 2.95. The highest BCUT2D eigenvalue weighted by Crippen LogP contribution is 2.38. The lowest BCUT2D eigenvalue weighted by molar-refractivity contribution is 0.324. The number of nitrogens with one attached hydrogen (secondary N) is 1.